The van der Waals surface area contributed by atoms with Gasteiger partial charge in [-0.05, 0) is 15.9 Å². The van der Waals surface area contributed by atoms with E-state index in [2.05, 4.69) is 47.9 Å². The van der Waals surface area contributed by atoms with Crippen molar-refractivity contribution >= 4 is 21.7 Å². The van der Waals surface area contributed by atoms with E-state index < -0.39 is 0 Å². The highest BCUT2D eigenvalue weighted by Gasteiger charge is 2.24. The third kappa shape index (κ3) is 2.51. The van der Waals surface area contributed by atoms with E-state index in [1.165, 1.54) is 0 Å². The Labute approximate surface area is 98.2 Å². The lowest BCUT2D eigenvalue weighted by Gasteiger charge is -2.15. The molecule has 5 heteroatoms. The number of nitrogens with zero attached hydrogens (tertiary/aromatic N) is 3. The zero-order valence-corrected chi connectivity index (χ0v) is 10.8. The van der Waals surface area contributed by atoms with Gasteiger partial charge in [0.2, 0.25) is 0 Å². The van der Waals surface area contributed by atoms with Crippen molar-refractivity contribution in [1.82, 2.24) is 9.78 Å². The molecule has 0 atom stereocenters. The topological polar surface area (TPSA) is 67.6 Å². The summed E-state index contributed by atoms with van der Waals surface area (Å²) in [6.45, 7) is 6.77. The second-order valence-electron chi connectivity index (χ2n) is 4.43. The fourth-order valence-electron chi connectivity index (χ4n) is 1.26. The Morgan fingerprint density at radius 3 is 2.53 bits per heavy atom. The molecule has 0 bridgehead atoms. The summed E-state index contributed by atoms with van der Waals surface area (Å²) in [4.78, 5) is 0. The molecule has 4 nitrogen and oxygen atoms in total. The van der Waals surface area contributed by atoms with Crippen molar-refractivity contribution in [2.75, 3.05) is 5.73 Å². The van der Waals surface area contributed by atoms with E-state index in [4.69, 9.17) is 11.0 Å². The maximum absolute atomic E-state index is 8.51. The fraction of sp³-hybridized carbons (Fsp3) is 0.600. The average molecular weight is 271 g/mol. The van der Waals surface area contributed by atoms with Crippen molar-refractivity contribution < 1.29 is 0 Å². The summed E-state index contributed by atoms with van der Waals surface area (Å²) >= 11 is 3.44. The Kier molecular flexibility index (Phi) is 3.40. The molecule has 1 aromatic rings. The molecule has 0 unspecified atom stereocenters. The summed E-state index contributed by atoms with van der Waals surface area (Å²) in [6, 6.07) is 2.08. The number of hydrogen-bond donors (Lipinski definition) is 1. The smallest absolute Gasteiger partial charge is 0.136 e. The van der Waals surface area contributed by atoms with Crippen molar-refractivity contribution in [3.8, 4) is 6.07 Å². The van der Waals surface area contributed by atoms with E-state index in [1.807, 2.05) is 0 Å². The minimum absolute atomic E-state index is 0.0507. The summed E-state index contributed by atoms with van der Waals surface area (Å²) in [6.07, 6.45) is 0.419. The number of rotatable bonds is 2. The summed E-state index contributed by atoms with van der Waals surface area (Å²) < 4.78 is 2.52. The maximum atomic E-state index is 8.51. The van der Waals surface area contributed by atoms with Gasteiger partial charge < -0.3 is 5.73 Å². The van der Waals surface area contributed by atoms with Crippen LogP contribution in [0.5, 0.6) is 0 Å². The Balaban J connectivity index is 3.08. The average Bonchev–Trinajstić information content (AvgIpc) is 2.41. The number of halogens is 1. The lowest BCUT2D eigenvalue weighted by Crippen LogP contribution is -2.13. The van der Waals surface area contributed by atoms with Crippen molar-refractivity contribution in [2.24, 2.45) is 0 Å². The Morgan fingerprint density at radius 1 is 1.53 bits per heavy atom. The van der Waals surface area contributed by atoms with E-state index in [0.717, 1.165) is 10.2 Å². The molecule has 0 saturated carbocycles. The highest BCUT2D eigenvalue weighted by atomic mass is 79.9. The van der Waals surface area contributed by atoms with Gasteiger partial charge in [-0.25, -0.2) is 4.68 Å². The molecule has 15 heavy (non-hydrogen) atoms. The summed E-state index contributed by atoms with van der Waals surface area (Å²) in [5.74, 6) is 0.593. The fourth-order valence-corrected chi connectivity index (χ4v) is 2.14. The van der Waals surface area contributed by atoms with Gasteiger partial charge in [0.05, 0.1) is 29.2 Å². The van der Waals surface area contributed by atoms with Crippen molar-refractivity contribution in [3.05, 3.63) is 10.2 Å². The monoisotopic (exact) mass is 270 g/mol. The molecule has 0 aliphatic heterocycles. The van der Waals surface area contributed by atoms with Crippen molar-refractivity contribution in [2.45, 2.75) is 39.2 Å². The zero-order chi connectivity index (χ0) is 11.6. The van der Waals surface area contributed by atoms with E-state index in [-0.39, 0.29) is 5.41 Å². The predicted octanol–water partition coefficient (Wildman–Crippen LogP) is 2.44. The predicted molar refractivity (Wildman–Crippen MR) is 63.3 cm³/mol. The molecular formula is C10H15BrN4. The first-order valence-electron chi connectivity index (χ1n) is 4.77. The van der Waals surface area contributed by atoms with Crippen LogP contribution in [0.2, 0.25) is 0 Å². The van der Waals surface area contributed by atoms with E-state index >= 15 is 0 Å². The Hall–Kier alpha value is -1.02. The van der Waals surface area contributed by atoms with Gasteiger partial charge in [-0.1, -0.05) is 20.8 Å². The van der Waals surface area contributed by atoms with Gasteiger partial charge in [-0.15, -0.1) is 0 Å². The van der Waals surface area contributed by atoms with Crippen LogP contribution in [-0.4, -0.2) is 9.78 Å². The number of anilines is 1. The molecule has 0 aromatic carbocycles. The van der Waals surface area contributed by atoms with Crippen LogP contribution in [0, 0.1) is 11.3 Å². The second-order valence-corrected chi connectivity index (χ2v) is 5.22. The van der Waals surface area contributed by atoms with Crippen LogP contribution in [0.3, 0.4) is 0 Å². The molecule has 0 aliphatic rings. The summed E-state index contributed by atoms with van der Waals surface area (Å²) in [7, 11) is 0. The van der Waals surface area contributed by atoms with Gasteiger partial charge in [0.15, 0.2) is 0 Å². The lowest BCUT2D eigenvalue weighted by molar-refractivity contribution is 0.535. The minimum atomic E-state index is -0.0507. The summed E-state index contributed by atoms with van der Waals surface area (Å²) in [5, 5.41) is 12.9. The third-order valence-corrected chi connectivity index (χ3v) is 2.86. The second kappa shape index (κ2) is 4.23. The van der Waals surface area contributed by atoms with Crippen molar-refractivity contribution in [3.63, 3.8) is 0 Å². The van der Waals surface area contributed by atoms with Crippen LogP contribution in [-0.2, 0) is 12.0 Å². The molecule has 0 amide bonds. The standard InChI is InChI=1S/C10H15BrN4/c1-10(2,3)8-7(11)9(13)15(14-8)6-4-5-12/h4,6,13H2,1-3H3. The molecule has 1 rings (SSSR count). The van der Waals surface area contributed by atoms with Gasteiger partial charge >= 0.3 is 0 Å². The normalized spacial score (nSPS) is 11.4. The third-order valence-electron chi connectivity index (χ3n) is 2.08. The van der Waals surface area contributed by atoms with Crippen molar-refractivity contribution in [1.29, 1.82) is 5.26 Å². The molecule has 0 aliphatic carbocycles. The van der Waals surface area contributed by atoms with E-state index in [0.29, 0.717) is 18.8 Å². The van der Waals surface area contributed by atoms with Crippen LogP contribution >= 0.6 is 15.9 Å². The first kappa shape index (κ1) is 12.1. The molecule has 0 radical (unpaired) electrons. The summed E-state index contributed by atoms with van der Waals surface area (Å²) in [5.41, 5.74) is 6.76. The maximum Gasteiger partial charge on any atom is 0.136 e. The SMILES string of the molecule is CC(C)(C)c1nn(CCC#N)c(N)c1Br. The molecule has 2 N–H and O–H groups in total. The molecule has 1 aromatic heterocycles. The van der Waals surface area contributed by atoms with Crippen LogP contribution in [0.4, 0.5) is 5.82 Å². The van der Waals surface area contributed by atoms with Crippen LogP contribution in [0.15, 0.2) is 4.47 Å². The van der Waals surface area contributed by atoms with Crippen LogP contribution < -0.4 is 5.73 Å². The van der Waals surface area contributed by atoms with Crippen LogP contribution in [0.1, 0.15) is 32.9 Å². The van der Waals surface area contributed by atoms with Gasteiger partial charge in [0, 0.05) is 5.41 Å². The molecule has 1 heterocycles. The number of nitrogens with two attached hydrogens (primary N) is 1. The molecule has 0 fully saturated rings. The molecule has 0 saturated heterocycles. The first-order valence-corrected chi connectivity index (χ1v) is 5.56. The number of hydrogen-bond acceptors (Lipinski definition) is 3. The molecular weight excluding hydrogens is 256 g/mol. The lowest BCUT2D eigenvalue weighted by atomic mass is 9.92. The Morgan fingerprint density at radius 2 is 2.13 bits per heavy atom. The van der Waals surface area contributed by atoms with E-state index in [1.54, 1.807) is 4.68 Å². The number of aromatic nitrogens is 2. The highest BCUT2D eigenvalue weighted by molar-refractivity contribution is 9.10. The van der Waals surface area contributed by atoms with E-state index in [9.17, 15) is 0 Å². The molecule has 82 valence electrons. The van der Waals surface area contributed by atoms with Gasteiger partial charge in [0.25, 0.3) is 0 Å². The number of nitrogen functional groups attached to an aromatic ring is 1. The van der Waals surface area contributed by atoms with Gasteiger partial charge in [-0.3, -0.25) is 0 Å². The molecule has 0 spiro atoms. The quantitative estimate of drug-likeness (QED) is 0.898. The Bertz CT molecular complexity index is 395. The van der Waals surface area contributed by atoms with Gasteiger partial charge in [0.1, 0.15) is 5.82 Å². The van der Waals surface area contributed by atoms with Crippen LogP contribution in [0.25, 0.3) is 0 Å². The largest absolute Gasteiger partial charge is 0.383 e. The minimum Gasteiger partial charge on any atom is -0.383 e. The number of nitriles is 1. The number of aryl methyl sites for hydroxylation is 1. The zero-order valence-electron chi connectivity index (χ0n) is 9.21. The first-order chi connectivity index (χ1) is 6.88. The highest BCUT2D eigenvalue weighted by Crippen LogP contribution is 2.32. The van der Waals surface area contributed by atoms with Gasteiger partial charge in [-0.2, -0.15) is 10.4 Å².